The van der Waals surface area contributed by atoms with Crippen LogP contribution in [-0.2, 0) is 4.74 Å². The van der Waals surface area contributed by atoms with Gasteiger partial charge in [0.15, 0.2) is 0 Å². The van der Waals surface area contributed by atoms with Crippen molar-refractivity contribution in [2.45, 2.75) is 49.9 Å². The Kier molecular flexibility index (Phi) is 3.00. The Bertz CT molecular complexity index is 275. The first kappa shape index (κ1) is 11.7. The molecule has 3 rings (SSSR count). The maximum atomic E-state index is 5.68. The smallest absolute Gasteiger partial charge is 0.0867 e. The molecule has 5 unspecified atom stereocenters. The van der Waals surface area contributed by atoms with Crippen molar-refractivity contribution in [3.63, 3.8) is 0 Å². The summed E-state index contributed by atoms with van der Waals surface area (Å²) in [6.07, 6.45) is 3.96. The summed E-state index contributed by atoms with van der Waals surface area (Å²) in [7, 11) is 0. The average Bonchev–Trinajstić information content (AvgIpc) is 2.64. The van der Waals surface area contributed by atoms with Gasteiger partial charge < -0.3 is 4.74 Å². The van der Waals surface area contributed by atoms with Gasteiger partial charge in [-0.15, -0.1) is 23.5 Å². The first-order valence-corrected chi connectivity index (χ1v) is 8.50. The van der Waals surface area contributed by atoms with Crippen molar-refractivity contribution in [3.05, 3.63) is 0 Å². The van der Waals surface area contributed by atoms with Gasteiger partial charge in [0.2, 0.25) is 0 Å². The van der Waals surface area contributed by atoms with Crippen molar-refractivity contribution in [1.82, 2.24) is 0 Å². The third-order valence-corrected chi connectivity index (χ3v) is 8.21. The number of thioether (sulfide) groups is 2. The molecular weight excluding hydrogens is 236 g/mol. The van der Waals surface area contributed by atoms with E-state index in [1.807, 2.05) is 0 Å². The van der Waals surface area contributed by atoms with E-state index in [1.165, 1.54) is 24.3 Å². The van der Waals surface area contributed by atoms with Gasteiger partial charge in [-0.05, 0) is 44.4 Å². The van der Waals surface area contributed by atoms with Crippen LogP contribution in [0.4, 0.5) is 0 Å². The summed E-state index contributed by atoms with van der Waals surface area (Å²) in [5.74, 6) is 5.36. The van der Waals surface area contributed by atoms with E-state index in [-0.39, 0.29) is 0 Å². The molecule has 0 aromatic heterocycles. The van der Waals surface area contributed by atoms with Crippen LogP contribution in [0.1, 0.15) is 33.6 Å². The minimum atomic E-state index is 0.506. The van der Waals surface area contributed by atoms with Crippen LogP contribution >= 0.6 is 23.5 Å². The molecule has 2 heterocycles. The molecule has 1 saturated carbocycles. The quantitative estimate of drug-likeness (QED) is 0.702. The van der Waals surface area contributed by atoms with E-state index >= 15 is 0 Å². The van der Waals surface area contributed by atoms with Crippen LogP contribution in [0.2, 0.25) is 0 Å². The van der Waals surface area contributed by atoms with Gasteiger partial charge in [-0.3, -0.25) is 0 Å². The zero-order chi connectivity index (χ0) is 11.3. The molecule has 2 saturated heterocycles. The number of hydrogen-bond donors (Lipinski definition) is 0. The van der Waals surface area contributed by atoms with Gasteiger partial charge in [-0.1, -0.05) is 6.92 Å². The van der Waals surface area contributed by atoms with Gasteiger partial charge in [-0.25, -0.2) is 0 Å². The first-order chi connectivity index (χ1) is 7.60. The number of ether oxygens (including phenoxy) is 1. The van der Waals surface area contributed by atoms with Crippen LogP contribution in [0.5, 0.6) is 0 Å². The van der Waals surface area contributed by atoms with Gasteiger partial charge in [0.25, 0.3) is 0 Å². The molecule has 92 valence electrons. The number of epoxide rings is 1. The van der Waals surface area contributed by atoms with E-state index in [0.29, 0.717) is 16.3 Å². The molecule has 3 heteroatoms. The Balaban J connectivity index is 1.67. The predicted octanol–water partition coefficient (Wildman–Crippen LogP) is 3.63. The summed E-state index contributed by atoms with van der Waals surface area (Å²) >= 11 is 4.41. The summed E-state index contributed by atoms with van der Waals surface area (Å²) in [4.78, 5) is 0. The van der Waals surface area contributed by atoms with Gasteiger partial charge in [0.05, 0.1) is 16.3 Å². The third kappa shape index (κ3) is 1.93. The van der Waals surface area contributed by atoms with Crippen molar-refractivity contribution >= 4 is 23.5 Å². The lowest BCUT2D eigenvalue weighted by Gasteiger charge is -2.32. The van der Waals surface area contributed by atoms with E-state index in [0.717, 1.165) is 17.8 Å². The predicted molar refractivity (Wildman–Crippen MR) is 73.0 cm³/mol. The Labute approximate surface area is 107 Å². The molecule has 3 fully saturated rings. The van der Waals surface area contributed by atoms with Crippen LogP contribution in [0.25, 0.3) is 0 Å². The zero-order valence-electron chi connectivity index (χ0n) is 10.4. The van der Waals surface area contributed by atoms with Gasteiger partial charge in [0.1, 0.15) is 0 Å². The second-order valence-electron chi connectivity index (χ2n) is 5.83. The Morgan fingerprint density at radius 2 is 1.75 bits per heavy atom. The summed E-state index contributed by atoms with van der Waals surface area (Å²) in [6, 6.07) is 0. The van der Waals surface area contributed by atoms with Crippen molar-refractivity contribution < 1.29 is 4.74 Å². The SMILES string of the molecule is CC1CC(C2OC2C)CC1C1(C)SCCS1. The molecule has 1 nitrogen and oxygen atoms in total. The summed E-state index contributed by atoms with van der Waals surface area (Å²) in [5, 5.41) is 0. The van der Waals surface area contributed by atoms with Crippen LogP contribution in [0.3, 0.4) is 0 Å². The maximum absolute atomic E-state index is 5.68. The first-order valence-electron chi connectivity index (χ1n) is 6.53. The fourth-order valence-electron chi connectivity index (χ4n) is 3.74. The molecule has 0 aromatic rings. The third-order valence-electron chi connectivity index (χ3n) is 4.67. The Morgan fingerprint density at radius 1 is 1.12 bits per heavy atom. The molecule has 3 aliphatic rings. The van der Waals surface area contributed by atoms with Crippen LogP contribution in [0, 0.1) is 17.8 Å². The van der Waals surface area contributed by atoms with Gasteiger partial charge in [-0.2, -0.15) is 0 Å². The summed E-state index contributed by atoms with van der Waals surface area (Å²) < 4.78 is 6.19. The monoisotopic (exact) mass is 258 g/mol. The lowest BCUT2D eigenvalue weighted by atomic mass is 9.94. The van der Waals surface area contributed by atoms with Gasteiger partial charge >= 0.3 is 0 Å². The molecule has 2 aliphatic heterocycles. The molecular formula is C13H22OS2. The topological polar surface area (TPSA) is 12.5 Å². The Morgan fingerprint density at radius 3 is 2.31 bits per heavy atom. The van der Waals surface area contributed by atoms with Crippen molar-refractivity contribution in [1.29, 1.82) is 0 Å². The van der Waals surface area contributed by atoms with Crippen LogP contribution in [-0.4, -0.2) is 27.8 Å². The lowest BCUT2D eigenvalue weighted by molar-refractivity contribution is 0.314. The highest BCUT2D eigenvalue weighted by Gasteiger charge is 2.51. The molecule has 0 N–H and O–H groups in total. The van der Waals surface area contributed by atoms with Crippen LogP contribution < -0.4 is 0 Å². The summed E-state index contributed by atoms with van der Waals surface area (Å²) in [6.45, 7) is 7.17. The highest BCUT2D eigenvalue weighted by molar-refractivity contribution is 8.21. The molecule has 0 bridgehead atoms. The largest absolute Gasteiger partial charge is 0.370 e. The molecule has 1 aliphatic carbocycles. The highest BCUT2D eigenvalue weighted by atomic mass is 32.2. The number of hydrogen-bond acceptors (Lipinski definition) is 3. The standard InChI is InChI=1S/C13H22OS2/c1-8-6-10(12-9(2)14-12)7-11(8)13(3)15-4-5-16-13/h8-12H,4-7H2,1-3H3. The fraction of sp³-hybridized carbons (Fsp3) is 1.00. The van der Waals surface area contributed by atoms with Crippen molar-refractivity contribution in [3.8, 4) is 0 Å². The highest BCUT2D eigenvalue weighted by Crippen LogP contribution is 2.58. The second-order valence-corrected chi connectivity index (χ2v) is 9.18. The van der Waals surface area contributed by atoms with E-state index in [2.05, 4.69) is 44.3 Å². The van der Waals surface area contributed by atoms with E-state index < -0.39 is 0 Å². The Hall–Kier alpha value is 0.660. The molecule has 0 spiro atoms. The molecule has 0 radical (unpaired) electrons. The molecule has 0 aromatic carbocycles. The van der Waals surface area contributed by atoms with E-state index in [4.69, 9.17) is 4.74 Å². The van der Waals surface area contributed by atoms with E-state index in [1.54, 1.807) is 0 Å². The minimum absolute atomic E-state index is 0.506. The van der Waals surface area contributed by atoms with E-state index in [9.17, 15) is 0 Å². The van der Waals surface area contributed by atoms with Crippen molar-refractivity contribution in [2.75, 3.05) is 11.5 Å². The number of rotatable bonds is 2. The fourth-order valence-corrected chi connectivity index (χ4v) is 7.13. The average molecular weight is 258 g/mol. The molecule has 0 amide bonds. The second kappa shape index (κ2) is 4.10. The molecule has 16 heavy (non-hydrogen) atoms. The minimum Gasteiger partial charge on any atom is -0.370 e. The van der Waals surface area contributed by atoms with Crippen molar-refractivity contribution in [2.24, 2.45) is 17.8 Å². The maximum Gasteiger partial charge on any atom is 0.0867 e. The lowest BCUT2D eigenvalue weighted by Crippen LogP contribution is -2.27. The normalized spacial score (nSPS) is 50.8. The zero-order valence-corrected chi connectivity index (χ0v) is 12.1. The summed E-state index contributed by atoms with van der Waals surface area (Å²) in [5.41, 5.74) is 0. The van der Waals surface area contributed by atoms with Gasteiger partial charge in [0, 0.05) is 11.5 Å². The van der Waals surface area contributed by atoms with Crippen LogP contribution in [0.15, 0.2) is 0 Å². The molecule has 5 atom stereocenters.